The Hall–Kier alpha value is 0.230. The van der Waals surface area contributed by atoms with Crippen molar-refractivity contribution in [2.24, 2.45) is 11.3 Å². The summed E-state index contributed by atoms with van der Waals surface area (Å²) in [6, 6.07) is 0.433. The monoisotopic (exact) mass is 554 g/mol. The van der Waals surface area contributed by atoms with Crippen LogP contribution in [-0.4, -0.2) is 41.5 Å². The summed E-state index contributed by atoms with van der Waals surface area (Å²) in [5.41, 5.74) is 0.122. The first-order chi connectivity index (χ1) is 18.0. The molecule has 6 heteroatoms. The van der Waals surface area contributed by atoms with Crippen LogP contribution in [0.1, 0.15) is 158 Å². The van der Waals surface area contributed by atoms with Gasteiger partial charge in [0, 0.05) is 22.5 Å². The summed E-state index contributed by atoms with van der Waals surface area (Å²) in [4.78, 5) is 6.79. The molecule has 38 heavy (non-hydrogen) atoms. The Morgan fingerprint density at radius 2 is 1.32 bits per heavy atom. The van der Waals surface area contributed by atoms with E-state index in [2.05, 4.69) is 58.6 Å². The highest BCUT2D eigenvalue weighted by Gasteiger charge is 2.49. The Bertz CT molecular complexity index is 637. The molecule has 224 valence electrons. The van der Waals surface area contributed by atoms with Gasteiger partial charge in [-0.05, 0) is 65.7 Å². The quantitative estimate of drug-likeness (QED) is 0.161. The fraction of sp³-hybridized carbons (Fsp3) is 1.00. The van der Waals surface area contributed by atoms with E-state index in [0.717, 1.165) is 26.1 Å². The molecule has 1 atom stereocenters. The number of hydroxylamine groups is 2. The summed E-state index contributed by atoms with van der Waals surface area (Å²) in [7, 11) is -1.01. The van der Waals surface area contributed by atoms with Gasteiger partial charge in [0.15, 0.2) is 0 Å². The van der Waals surface area contributed by atoms with E-state index in [1.165, 1.54) is 96.3 Å². The number of nitrogens with one attached hydrogen (secondary N) is 1. The minimum Gasteiger partial charge on any atom is -0.321 e. The molecule has 0 aromatic rings. The maximum Gasteiger partial charge on any atom is 0.256 e. The van der Waals surface area contributed by atoms with E-state index in [1.807, 2.05) is 0 Å². The molecule has 2 aliphatic heterocycles. The first-order valence-corrected chi connectivity index (χ1v) is 17.5. The molecule has 0 bridgehead atoms. The van der Waals surface area contributed by atoms with Crippen molar-refractivity contribution in [3.05, 3.63) is 0 Å². The van der Waals surface area contributed by atoms with Crippen molar-refractivity contribution < 1.29 is 13.9 Å². The van der Waals surface area contributed by atoms with E-state index in [4.69, 9.17) is 13.9 Å². The summed E-state index contributed by atoms with van der Waals surface area (Å²) in [6.45, 7) is 17.9. The summed E-state index contributed by atoms with van der Waals surface area (Å²) in [5.74, 6) is 0.588. The standard InChI is InChI=1S/C32H63N2O3P/c1-8-9-10-11-12-13-14-15-19-22-29(33-38-35-25-30(2,3)26-36-38)27-23-31(4,5)34(32(6,7)24-27)37-28-20-17-16-18-21-28/h27-29,33H,8-26H2,1-7H3. The van der Waals surface area contributed by atoms with E-state index >= 15 is 0 Å². The lowest BCUT2D eigenvalue weighted by atomic mass is 9.72. The molecule has 0 aromatic carbocycles. The van der Waals surface area contributed by atoms with Crippen LogP contribution in [0.15, 0.2) is 0 Å². The summed E-state index contributed by atoms with van der Waals surface area (Å²) < 4.78 is 12.5. The van der Waals surface area contributed by atoms with Gasteiger partial charge in [0.25, 0.3) is 8.53 Å². The number of piperidine rings is 1. The molecule has 1 N–H and O–H groups in total. The van der Waals surface area contributed by atoms with Crippen LogP contribution in [0.25, 0.3) is 0 Å². The molecule has 0 amide bonds. The fourth-order valence-corrected chi connectivity index (χ4v) is 8.83. The molecule has 0 aromatic heterocycles. The third kappa shape index (κ3) is 10.6. The zero-order chi connectivity index (χ0) is 27.7. The van der Waals surface area contributed by atoms with Crippen LogP contribution in [0, 0.1) is 11.3 Å². The summed E-state index contributed by atoms with van der Waals surface area (Å²) in [6.07, 6.45) is 22.7. The highest BCUT2D eigenvalue weighted by molar-refractivity contribution is 7.45. The van der Waals surface area contributed by atoms with Crippen molar-refractivity contribution in [2.75, 3.05) is 13.2 Å². The molecule has 1 aliphatic carbocycles. The topological polar surface area (TPSA) is 43.0 Å². The molecule has 5 nitrogen and oxygen atoms in total. The van der Waals surface area contributed by atoms with Gasteiger partial charge in [0.05, 0.1) is 19.3 Å². The predicted octanol–water partition coefficient (Wildman–Crippen LogP) is 9.70. The first kappa shape index (κ1) is 32.7. The van der Waals surface area contributed by atoms with Gasteiger partial charge in [-0.1, -0.05) is 97.8 Å². The Labute approximate surface area is 237 Å². The van der Waals surface area contributed by atoms with Crippen molar-refractivity contribution in [3.8, 4) is 0 Å². The maximum absolute atomic E-state index is 6.79. The van der Waals surface area contributed by atoms with Gasteiger partial charge in [-0.25, -0.2) is 5.09 Å². The maximum atomic E-state index is 6.79. The molecular weight excluding hydrogens is 491 g/mol. The van der Waals surface area contributed by atoms with Gasteiger partial charge in [0.1, 0.15) is 0 Å². The Balaban J connectivity index is 1.58. The van der Waals surface area contributed by atoms with Gasteiger partial charge in [0.2, 0.25) is 0 Å². The molecule has 2 saturated heterocycles. The third-order valence-electron chi connectivity index (χ3n) is 9.03. The summed E-state index contributed by atoms with van der Waals surface area (Å²) >= 11 is 0. The van der Waals surface area contributed by atoms with Gasteiger partial charge >= 0.3 is 0 Å². The highest BCUT2D eigenvalue weighted by atomic mass is 31.2. The van der Waals surface area contributed by atoms with Crippen LogP contribution in [0.2, 0.25) is 0 Å². The zero-order valence-corrected chi connectivity index (χ0v) is 27.2. The predicted molar refractivity (Wildman–Crippen MR) is 162 cm³/mol. The van der Waals surface area contributed by atoms with E-state index in [9.17, 15) is 0 Å². The molecule has 2 heterocycles. The second-order valence-corrected chi connectivity index (χ2v) is 16.1. The Morgan fingerprint density at radius 1 is 0.789 bits per heavy atom. The van der Waals surface area contributed by atoms with E-state index in [-0.39, 0.29) is 16.5 Å². The lowest BCUT2D eigenvalue weighted by Crippen LogP contribution is -2.63. The smallest absolute Gasteiger partial charge is 0.256 e. The first-order valence-electron chi connectivity index (χ1n) is 16.3. The average molecular weight is 555 g/mol. The van der Waals surface area contributed by atoms with Crippen molar-refractivity contribution in [1.82, 2.24) is 10.2 Å². The van der Waals surface area contributed by atoms with Crippen LogP contribution in [0.3, 0.4) is 0 Å². The van der Waals surface area contributed by atoms with Gasteiger partial charge in [-0.3, -0.25) is 4.84 Å². The molecule has 0 spiro atoms. The number of hydrogen-bond donors (Lipinski definition) is 1. The minimum atomic E-state index is -1.01. The molecule has 3 rings (SSSR count). The van der Waals surface area contributed by atoms with Crippen LogP contribution in [0.5, 0.6) is 0 Å². The van der Waals surface area contributed by atoms with E-state index < -0.39 is 8.53 Å². The molecule has 3 fully saturated rings. The molecule has 3 aliphatic rings. The second-order valence-electron chi connectivity index (χ2n) is 14.8. The highest BCUT2D eigenvalue weighted by Crippen LogP contribution is 2.48. The summed E-state index contributed by atoms with van der Waals surface area (Å²) in [5, 5.41) is 6.33. The second kappa shape index (κ2) is 15.5. The van der Waals surface area contributed by atoms with Crippen LogP contribution >= 0.6 is 8.53 Å². The van der Waals surface area contributed by atoms with Crippen molar-refractivity contribution in [2.45, 2.75) is 181 Å². The van der Waals surface area contributed by atoms with Gasteiger partial charge < -0.3 is 9.05 Å². The Morgan fingerprint density at radius 3 is 1.87 bits per heavy atom. The minimum absolute atomic E-state index is 0.00577. The largest absolute Gasteiger partial charge is 0.321 e. The molecule has 0 radical (unpaired) electrons. The van der Waals surface area contributed by atoms with Gasteiger partial charge in [-0.2, -0.15) is 5.06 Å². The third-order valence-corrected chi connectivity index (χ3v) is 10.3. The van der Waals surface area contributed by atoms with Gasteiger partial charge in [-0.15, -0.1) is 0 Å². The number of nitrogens with zero attached hydrogens (tertiary/aromatic N) is 1. The normalized spacial score (nSPS) is 26.0. The lowest BCUT2D eigenvalue weighted by Gasteiger charge is -2.56. The van der Waals surface area contributed by atoms with Crippen LogP contribution in [0.4, 0.5) is 0 Å². The van der Waals surface area contributed by atoms with Crippen LogP contribution in [-0.2, 0) is 13.9 Å². The molecule has 1 saturated carbocycles. The lowest BCUT2D eigenvalue weighted by molar-refractivity contribution is -0.315. The van der Waals surface area contributed by atoms with Crippen molar-refractivity contribution in [3.63, 3.8) is 0 Å². The van der Waals surface area contributed by atoms with E-state index in [1.54, 1.807) is 0 Å². The number of hydrogen-bond acceptors (Lipinski definition) is 5. The zero-order valence-electron chi connectivity index (χ0n) is 26.3. The van der Waals surface area contributed by atoms with E-state index in [0.29, 0.717) is 18.1 Å². The average Bonchev–Trinajstić information content (AvgIpc) is 2.85. The van der Waals surface area contributed by atoms with Crippen LogP contribution < -0.4 is 5.09 Å². The number of rotatable bonds is 15. The molecular formula is C32H63N2O3P. The Kier molecular flexibility index (Phi) is 13.3. The SMILES string of the molecule is CCCCCCCCCCCC(NP1OCC(C)(C)CO1)C1CC(C)(C)N(OC2CCCCC2)C(C)(C)C1. The van der Waals surface area contributed by atoms with Crippen molar-refractivity contribution >= 4 is 8.53 Å². The molecule has 1 unspecified atom stereocenters. The van der Waals surface area contributed by atoms with Crippen molar-refractivity contribution in [1.29, 1.82) is 0 Å². The number of unbranched alkanes of at least 4 members (excludes halogenated alkanes) is 8. The fourth-order valence-electron chi connectivity index (χ4n) is 7.07.